The van der Waals surface area contributed by atoms with Crippen molar-refractivity contribution >= 4 is 11.6 Å². The molecular weight excluding hydrogens is 266 g/mol. The van der Waals surface area contributed by atoms with Crippen LogP contribution in [0.4, 0.5) is 5.69 Å². The van der Waals surface area contributed by atoms with Gasteiger partial charge in [0, 0.05) is 12.2 Å². The first-order chi connectivity index (χ1) is 10.3. The number of amides is 1. The predicted molar refractivity (Wildman–Crippen MR) is 81.3 cm³/mol. The molecule has 0 radical (unpaired) electrons. The Balaban J connectivity index is 1.64. The zero-order chi connectivity index (χ0) is 14.7. The highest BCUT2D eigenvalue weighted by Gasteiger charge is 2.38. The van der Waals surface area contributed by atoms with E-state index in [2.05, 4.69) is 15.6 Å². The van der Waals surface area contributed by atoms with Gasteiger partial charge in [-0.25, -0.2) is 4.98 Å². The molecule has 114 valence electrons. The van der Waals surface area contributed by atoms with Crippen molar-refractivity contribution in [2.24, 2.45) is 5.92 Å². The summed E-state index contributed by atoms with van der Waals surface area (Å²) in [7, 11) is 0. The number of carbonyl (C=O) groups is 1. The van der Waals surface area contributed by atoms with Crippen LogP contribution in [0.5, 0.6) is 5.88 Å². The number of nitrogens with one attached hydrogen (secondary N) is 2. The maximum Gasteiger partial charge on any atom is 0.241 e. The van der Waals surface area contributed by atoms with Crippen LogP contribution in [-0.2, 0) is 4.79 Å². The second kappa shape index (κ2) is 6.43. The number of rotatable bonds is 4. The molecule has 2 fully saturated rings. The highest BCUT2D eigenvalue weighted by atomic mass is 16.5. The lowest BCUT2D eigenvalue weighted by Crippen LogP contribution is -2.40. The van der Waals surface area contributed by atoms with Crippen LogP contribution in [-0.4, -0.2) is 29.6 Å². The molecule has 0 spiro atoms. The van der Waals surface area contributed by atoms with Crippen LogP contribution >= 0.6 is 0 Å². The molecule has 5 nitrogen and oxygen atoms in total. The van der Waals surface area contributed by atoms with Crippen LogP contribution in [0.2, 0.25) is 0 Å². The number of anilines is 1. The van der Waals surface area contributed by atoms with E-state index in [4.69, 9.17) is 4.74 Å². The maximum atomic E-state index is 12.5. The van der Waals surface area contributed by atoms with Gasteiger partial charge in [-0.05, 0) is 44.2 Å². The lowest BCUT2D eigenvalue weighted by atomic mass is 9.85. The van der Waals surface area contributed by atoms with Gasteiger partial charge >= 0.3 is 0 Å². The molecule has 1 amide bonds. The summed E-state index contributed by atoms with van der Waals surface area (Å²) in [6.45, 7) is 2.44. The second-order valence-corrected chi connectivity index (χ2v) is 5.88. The molecule has 1 aliphatic heterocycles. The van der Waals surface area contributed by atoms with Gasteiger partial charge in [-0.3, -0.25) is 4.79 Å². The number of fused-ring (bicyclic) bond motifs is 1. The molecule has 1 aromatic rings. The van der Waals surface area contributed by atoms with Crippen molar-refractivity contribution in [1.29, 1.82) is 0 Å². The average Bonchev–Trinajstić information content (AvgIpc) is 2.93. The Morgan fingerprint density at radius 1 is 1.48 bits per heavy atom. The van der Waals surface area contributed by atoms with Crippen LogP contribution in [0.3, 0.4) is 0 Å². The summed E-state index contributed by atoms with van der Waals surface area (Å²) in [5.74, 6) is 1.18. The molecule has 0 aromatic carbocycles. The molecule has 2 N–H and O–H groups in total. The first kappa shape index (κ1) is 14.3. The smallest absolute Gasteiger partial charge is 0.241 e. The van der Waals surface area contributed by atoms with Crippen molar-refractivity contribution in [3.8, 4) is 5.88 Å². The summed E-state index contributed by atoms with van der Waals surface area (Å²) in [5, 5.41) is 6.45. The van der Waals surface area contributed by atoms with Crippen LogP contribution in [0.25, 0.3) is 0 Å². The standard InChI is InChI=1S/C16H23N3O2/c1-2-21-16-13(8-5-9-17-16)19-15(20)14-10-11-6-3-4-7-12(11)18-14/h5,8-9,11-12,14,18H,2-4,6-7,10H2,1H3,(H,19,20). The highest BCUT2D eigenvalue weighted by Crippen LogP contribution is 2.33. The lowest BCUT2D eigenvalue weighted by Gasteiger charge is -2.24. The van der Waals surface area contributed by atoms with Gasteiger partial charge < -0.3 is 15.4 Å². The molecule has 0 bridgehead atoms. The van der Waals surface area contributed by atoms with Gasteiger partial charge in [0.2, 0.25) is 11.8 Å². The van der Waals surface area contributed by atoms with E-state index in [-0.39, 0.29) is 11.9 Å². The highest BCUT2D eigenvalue weighted by molar-refractivity contribution is 5.96. The minimum atomic E-state index is -0.0900. The third-order valence-corrected chi connectivity index (χ3v) is 4.49. The third-order valence-electron chi connectivity index (χ3n) is 4.49. The van der Waals surface area contributed by atoms with Crippen LogP contribution < -0.4 is 15.4 Å². The molecular formula is C16H23N3O2. The molecule has 1 saturated heterocycles. The Labute approximate surface area is 125 Å². The van der Waals surface area contributed by atoms with Gasteiger partial charge in [-0.1, -0.05) is 12.8 Å². The van der Waals surface area contributed by atoms with E-state index in [1.165, 1.54) is 25.7 Å². The Morgan fingerprint density at radius 3 is 3.14 bits per heavy atom. The average molecular weight is 289 g/mol. The molecule has 3 rings (SSSR count). The Kier molecular flexibility index (Phi) is 4.39. The monoisotopic (exact) mass is 289 g/mol. The lowest BCUT2D eigenvalue weighted by molar-refractivity contribution is -0.117. The van der Waals surface area contributed by atoms with Gasteiger partial charge in [0.1, 0.15) is 5.69 Å². The van der Waals surface area contributed by atoms with Crippen LogP contribution in [0.1, 0.15) is 39.0 Å². The zero-order valence-corrected chi connectivity index (χ0v) is 12.5. The van der Waals surface area contributed by atoms with Crippen molar-refractivity contribution in [2.75, 3.05) is 11.9 Å². The van der Waals surface area contributed by atoms with E-state index in [1.807, 2.05) is 13.0 Å². The summed E-state index contributed by atoms with van der Waals surface area (Å²) in [6.07, 6.45) is 7.64. The maximum absolute atomic E-state index is 12.5. The molecule has 1 saturated carbocycles. The Bertz CT molecular complexity index is 492. The van der Waals surface area contributed by atoms with Crippen molar-refractivity contribution in [3.63, 3.8) is 0 Å². The molecule has 3 unspecified atom stereocenters. The first-order valence-corrected chi connectivity index (χ1v) is 7.92. The number of carbonyl (C=O) groups excluding carboxylic acids is 1. The van der Waals surface area contributed by atoms with Crippen molar-refractivity contribution in [1.82, 2.24) is 10.3 Å². The zero-order valence-electron chi connectivity index (χ0n) is 12.5. The number of nitrogens with zero attached hydrogens (tertiary/aromatic N) is 1. The third kappa shape index (κ3) is 3.18. The molecule has 1 aliphatic carbocycles. The predicted octanol–water partition coefficient (Wildman–Crippen LogP) is 2.34. The minimum absolute atomic E-state index is 0.0263. The molecule has 3 atom stereocenters. The summed E-state index contributed by atoms with van der Waals surface area (Å²) in [4.78, 5) is 16.6. The largest absolute Gasteiger partial charge is 0.476 e. The van der Waals surface area contributed by atoms with Gasteiger partial charge in [-0.2, -0.15) is 0 Å². The number of pyridine rings is 1. The van der Waals surface area contributed by atoms with Gasteiger partial charge in [0.05, 0.1) is 12.6 Å². The summed E-state index contributed by atoms with van der Waals surface area (Å²) in [6, 6.07) is 4.07. The minimum Gasteiger partial charge on any atom is -0.476 e. The summed E-state index contributed by atoms with van der Waals surface area (Å²) in [5.41, 5.74) is 0.654. The molecule has 2 heterocycles. The fraction of sp³-hybridized carbons (Fsp3) is 0.625. The normalized spacial score (nSPS) is 28.0. The van der Waals surface area contributed by atoms with Gasteiger partial charge in [0.25, 0.3) is 0 Å². The van der Waals surface area contributed by atoms with Crippen LogP contribution in [0.15, 0.2) is 18.3 Å². The quantitative estimate of drug-likeness (QED) is 0.893. The number of aromatic nitrogens is 1. The summed E-state index contributed by atoms with van der Waals surface area (Å²) >= 11 is 0. The Hall–Kier alpha value is -1.62. The van der Waals surface area contributed by atoms with Gasteiger partial charge in [0.15, 0.2) is 0 Å². The van der Waals surface area contributed by atoms with Crippen LogP contribution in [0, 0.1) is 5.92 Å². The van der Waals surface area contributed by atoms with Gasteiger partial charge in [-0.15, -0.1) is 0 Å². The van der Waals surface area contributed by atoms with E-state index in [1.54, 1.807) is 12.3 Å². The summed E-state index contributed by atoms with van der Waals surface area (Å²) < 4.78 is 5.45. The molecule has 5 heteroatoms. The van der Waals surface area contributed by atoms with Crippen molar-refractivity contribution in [3.05, 3.63) is 18.3 Å². The van der Waals surface area contributed by atoms with E-state index >= 15 is 0 Å². The molecule has 21 heavy (non-hydrogen) atoms. The van der Waals surface area contributed by atoms with E-state index in [9.17, 15) is 4.79 Å². The van der Waals surface area contributed by atoms with Crippen molar-refractivity contribution < 1.29 is 9.53 Å². The van der Waals surface area contributed by atoms with E-state index in [0.29, 0.717) is 30.1 Å². The van der Waals surface area contributed by atoms with E-state index < -0.39 is 0 Å². The number of ether oxygens (including phenoxy) is 1. The topological polar surface area (TPSA) is 63.2 Å². The first-order valence-electron chi connectivity index (χ1n) is 7.92. The SMILES string of the molecule is CCOc1ncccc1NC(=O)C1CC2CCCCC2N1. The fourth-order valence-corrected chi connectivity index (χ4v) is 3.48. The fourth-order valence-electron chi connectivity index (χ4n) is 3.48. The number of hydrogen-bond acceptors (Lipinski definition) is 4. The number of hydrogen-bond donors (Lipinski definition) is 2. The molecule has 1 aromatic heterocycles. The second-order valence-electron chi connectivity index (χ2n) is 5.88. The van der Waals surface area contributed by atoms with Crippen molar-refractivity contribution in [2.45, 2.75) is 51.1 Å². The Morgan fingerprint density at radius 2 is 2.33 bits per heavy atom. The van der Waals surface area contributed by atoms with E-state index in [0.717, 1.165) is 6.42 Å². The molecule has 2 aliphatic rings.